The van der Waals surface area contributed by atoms with Gasteiger partial charge in [-0.05, 0) is 53.8 Å². The standard InChI is InChI=1S/C17H17Cl/c1-10-7-11(2)16-13-6-5-12(18)9-14(13)17(3,4)15(16)8-10/h5-9H,1-4H3. The summed E-state index contributed by atoms with van der Waals surface area (Å²) in [5.74, 6) is 0. The highest BCUT2D eigenvalue weighted by Gasteiger charge is 2.36. The van der Waals surface area contributed by atoms with E-state index in [1.807, 2.05) is 6.07 Å². The molecular weight excluding hydrogens is 240 g/mol. The van der Waals surface area contributed by atoms with Crippen molar-refractivity contribution in [3.8, 4) is 11.1 Å². The molecular formula is C17H17Cl. The minimum absolute atomic E-state index is 0.0480. The predicted octanol–water partition coefficient (Wildman–Crippen LogP) is 5.26. The molecule has 2 aromatic carbocycles. The number of hydrogen-bond acceptors (Lipinski definition) is 0. The first-order chi connectivity index (χ1) is 8.41. The molecule has 0 unspecified atom stereocenters. The van der Waals surface area contributed by atoms with Crippen molar-refractivity contribution in [1.82, 2.24) is 0 Å². The van der Waals surface area contributed by atoms with Gasteiger partial charge in [-0.1, -0.05) is 49.2 Å². The van der Waals surface area contributed by atoms with Gasteiger partial charge < -0.3 is 0 Å². The molecule has 0 spiro atoms. The molecule has 0 saturated carbocycles. The zero-order valence-corrected chi connectivity index (χ0v) is 12.0. The summed E-state index contributed by atoms with van der Waals surface area (Å²) >= 11 is 6.16. The molecule has 18 heavy (non-hydrogen) atoms. The van der Waals surface area contributed by atoms with Gasteiger partial charge >= 0.3 is 0 Å². The SMILES string of the molecule is Cc1cc(C)c2c(c1)C(C)(C)c1cc(Cl)ccc1-2. The molecule has 0 radical (unpaired) electrons. The Morgan fingerprint density at radius 2 is 1.67 bits per heavy atom. The average molecular weight is 257 g/mol. The fourth-order valence-electron chi connectivity index (χ4n) is 3.21. The molecule has 2 aromatic rings. The summed E-state index contributed by atoms with van der Waals surface area (Å²) in [5, 5.41) is 0.823. The lowest BCUT2D eigenvalue weighted by molar-refractivity contribution is 0.659. The molecule has 0 amide bonds. The Labute approximate surface area is 114 Å². The fourth-order valence-corrected chi connectivity index (χ4v) is 3.39. The van der Waals surface area contributed by atoms with E-state index in [-0.39, 0.29) is 5.41 Å². The Morgan fingerprint density at radius 1 is 0.944 bits per heavy atom. The molecule has 0 bridgehead atoms. The Balaban J connectivity index is 2.42. The Kier molecular flexibility index (Phi) is 2.37. The lowest BCUT2D eigenvalue weighted by atomic mass is 9.81. The molecule has 0 N–H and O–H groups in total. The molecule has 0 heterocycles. The van der Waals surface area contributed by atoms with Crippen LogP contribution < -0.4 is 0 Å². The van der Waals surface area contributed by atoms with Gasteiger partial charge in [0.05, 0.1) is 0 Å². The second kappa shape index (κ2) is 3.61. The summed E-state index contributed by atoms with van der Waals surface area (Å²) in [6.07, 6.45) is 0. The Morgan fingerprint density at radius 3 is 2.39 bits per heavy atom. The summed E-state index contributed by atoms with van der Waals surface area (Å²) in [6, 6.07) is 10.8. The van der Waals surface area contributed by atoms with Crippen LogP contribution in [0.3, 0.4) is 0 Å². The number of rotatable bonds is 0. The maximum absolute atomic E-state index is 6.16. The van der Waals surface area contributed by atoms with Crippen molar-refractivity contribution in [3.63, 3.8) is 0 Å². The van der Waals surface area contributed by atoms with E-state index in [0.717, 1.165) is 5.02 Å². The highest BCUT2D eigenvalue weighted by molar-refractivity contribution is 6.30. The van der Waals surface area contributed by atoms with Crippen molar-refractivity contribution in [2.24, 2.45) is 0 Å². The van der Waals surface area contributed by atoms with Gasteiger partial charge in [0.15, 0.2) is 0 Å². The normalized spacial score (nSPS) is 15.4. The van der Waals surface area contributed by atoms with Crippen LogP contribution in [0.2, 0.25) is 5.02 Å². The number of aryl methyl sites for hydroxylation is 2. The first kappa shape index (κ1) is 11.8. The monoisotopic (exact) mass is 256 g/mol. The van der Waals surface area contributed by atoms with Gasteiger partial charge in [-0.25, -0.2) is 0 Å². The third-order valence-electron chi connectivity index (χ3n) is 4.08. The van der Waals surface area contributed by atoms with Crippen LogP contribution in [-0.4, -0.2) is 0 Å². The minimum atomic E-state index is 0.0480. The molecule has 0 aliphatic heterocycles. The smallest absolute Gasteiger partial charge is 0.0409 e. The largest absolute Gasteiger partial charge is 0.0843 e. The lowest BCUT2D eigenvalue weighted by Crippen LogP contribution is -2.15. The van der Waals surface area contributed by atoms with Gasteiger partial charge in [0.2, 0.25) is 0 Å². The van der Waals surface area contributed by atoms with Crippen LogP contribution in [-0.2, 0) is 5.41 Å². The second-order valence-electron chi connectivity index (χ2n) is 5.82. The van der Waals surface area contributed by atoms with E-state index in [9.17, 15) is 0 Å². The average Bonchev–Trinajstić information content (AvgIpc) is 2.49. The molecule has 1 heteroatoms. The number of halogens is 1. The lowest BCUT2D eigenvalue weighted by Gasteiger charge is -2.22. The molecule has 0 aromatic heterocycles. The van der Waals surface area contributed by atoms with Gasteiger partial charge in [-0.15, -0.1) is 0 Å². The maximum Gasteiger partial charge on any atom is 0.0409 e. The van der Waals surface area contributed by atoms with E-state index < -0.39 is 0 Å². The van der Waals surface area contributed by atoms with E-state index in [2.05, 4.69) is 52.0 Å². The van der Waals surface area contributed by atoms with Crippen molar-refractivity contribution < 1.29 is 0 Å². The summed E-state index contributed by atoms with van der Waals surface area (Å²) in [7, 11) is 0. The fraction of sp³-hybridized carbons (Fsp3) is 0.294. The Hall–Kier alpha value is -1.27. The van der Waals surface area contributed by atoms with Crippen LogP contribution in [0, 0.1) is 13.8 Å². The van der Waals surface area contributed by atoms with E-state index >= 15 is 0 Å². The Bertz CT molecular complexity index is 651. The van der Waals surface area contributed by atoms with E-state index in [1.54, 1.807) is 0 Å². The van der Waals surface area contributed by atoms with E-state index in [1.165, 1.54) is 33.4 Å². The quantitative estimate of drug-likeness (QED) is 0.603. The van der Waals surface area contributed by atoms with Crippen molar-refractivity contribution in [2.75, 3.05) is 0 Å². The van der Waals surface area contributed by atoms with Crippen LogP contribution >= 0.6 is 11.6 Å². The van der Waals surface area contributed by atoms with Crippen molar-refractivity contribution >= 4 is 11.6 Å². The summed E-state index contributed by atoms with van der Waals surface area (Å²) in [6.45, 7) is 8.94. The van der Waals surface area contributed by atoms with Gasteiger partial charge in [0.1, 0.15) is 0 Å². The van der Waals surface area contributed by atoms with Crippen LogP contribution in [0.25, 0.3) is 11.1 Å². The molecule has 0 fully saturated rings. The van der Waals surface area contributed by atoms with Gasteiger partial charge in [-0.2, -0.15) is 0 Å². The molecule has 1 aliphatic carbocycles. The van der Waals surface area contributed by atoms with Crippen molar-refractivity contribution in [2.45, 2.75) is 33.1 Å². The van der Waals surface area contributed by atoms with Crippen LogP contribution in [0.15, 0.2) is 30.3 Å². The molecule has 3 rings (SSSR count). The van der Waals surface area contributed by atoms with Crippen LogP contribution in [0.1, 0.15) is 36.1 Å². The first-order valence-corrected chi connectivity index (χ1v) is 6.71. The summed E-state index contributed by atoms with van der Waals surface area (Å²) in [5.41, 5.74) is 8.26. The number of benzene rings is 2. The first-order valence-electron chi connectivity index (χ1n) is 6.33. The zero-order chi connectivity index (χ0) is 13.1. The maximum atomic E-state index is 6.16. The topological polar surface area (TPSA) is 0 Å². The van der Waals surface area contributed by atoms with Crippen LogP contribution in [0.4, 0.5) is 0 Å². The van der Waals surface area contributed by atoms with Gasteiger partial charge in [0.25, 0.3) is 0 Å². The van der Waals surface area contributed by atoms with Gasteiger partial charge in [-0.3, -0.25) is 0 Å². The summed E-state index contributed by atoms with van der Waals surface area (Å²) < 4.78 is 0. The predicted molar refractivity (Wildman–Crippen MR) is 78.5 cm³/mol. The molecule has 0 saturated heterocycles. The van der Waals surface area contributed by atoms with E-state index in [4.69, 9.17) is 11.6 Å². The zero-order valence-electron chi connectivity index (χ0n) is 11.3. The number of hydrogen-bond donors (Lipinski definition) is 0. The number of fused-ring (bicyclic) bond motifs is 3. The van der Waals surface area contributed by atoms with Crippen molar-refractivity contribution in [3.05, 3.63) is 57.6 Å². The minimum Gasteiger partial charge on any atom is -0.0843 e. The van der Waals surface area contributed by atoms with Gasteiger partial charge in [0, 0.05) is 10.4 Å². The van der Waals surface area contributed by atoms with Crippen molar-refractivity contribution in [1.29, 1.82) is 0 Å². The second-order valence-corrected chi connectivity index (χ2v) is 6.26. The molecule has 0 nitrogen and oxygen atoms in total. The van der Waals surface area contributed by atoms with E-state index in [0.29, 0.717) is 0 Å². The molecule has 92 valence electrons. The molecule has 1 aliphatic rings. The van der Waals surface area contributed by atoms with Crippen LogP contribution in [0.5, 0.6) is 0 Å². The summed E-state index contributed by atoms with van der Waals surface area (Å²) in [4.78, 5) is 0. The molecule has 0 atom stereocenters. The third kappa shape index (κ3) is 1.45. The highest BCUT2D eigenvalue weighted by atomic mass is 35.5. The highest BCUT2D eigenvalue weighted by Crippen LogP contribution is 2.50. The third-order valence-corrected chi connectivity index (χ3v) is 4.31.